The highest BCUT2D eigenvalue weighted by Gasteiger charge is 2.21. The van der Waals surface area contributed by atoms with E-state index in [1.54, 1.807) is 0 Å². The number of nitrogens with zero attached hydrogens (tertiary/aromatic N) is 2. The number of aliphatic hydroxyl groups is 1. The molecule has 0 bridgehead atoms. The maximum atomic E-state index is 11.9. The number of amides is 2. The molecule has 1 aliphatic rings. The molecule has 0 radical (unpaired) electrons. The average molecular weight is 334 g/mol. The van der Waals surface area contributed by atoms with Crippen LogP contribution in [0.25, 0.3) is 0 Å². The lowest BCUT2D eigenvalue weighted by Gasteiger charge is -2.33. The fourth-order valence-electron chi connectivity index (χ4n) is 2.86. The second kappa shape index (κ2) is 8.87. The fraction of sp³-hybridized carbons (Fsp3) is 0.667. The predicted octanol–water partition coefficient (Wildman–Crippen LogP) is 2.07. The minimum atomic E-state index is -0.365. The summed E-state index contributed by atoms with van der Waals surface area (Å²) in [5.74, 6) is 1.23. The number of nitrogens with one attached hydrogen (secondary N) is 2. The molecule has 24 heavy (non-hydrogen) atoms. The van der Waals surface area contributed by atoms with Gasteiger partial charge in [0.1, 0.15) is 5.82 Å². The van der Waals surface area contributed by atoms with Gasteiger partial charge in [0.2, 0.25) is 0 Å². The first-order valence-electron chi connectivity index (χ1n) is 8.86. The molecule has 1 saturated heterocycles. The number of hydrogen-bond donors (Lipinski definition) is 3. The number of urea groups is 1. The molecule has 6 nitrogen and oxygen atoms in total. The van der Waals surface area contributed by atoms with Crippen LogP contribution in [0.4, 0.5) is 10.6 Å². The lowest BCUT2D eigenvalue weighted by Crippen LogP contribution is -2.48. The SMILES string of the molecule is Cc1cccc(N2CCC(NC(=O)NCCC(O)C(C)C)CC2)n1. The number of aliphatic hydroxyl groups excluding tert-OH is 1. The van der Waals surface area contributed by atoms with Gasteiger partial charge in [-0.15, -0.1) is 0 Å². The van der Waals surface area contributed by atoms with Crippen LogP contribution in [-0.2, 0) is 0 Å². The Morgan fingerprint density at radius 1 is 1.38 bits per heavy atom. The molecule has 2 heterocycles. The molecule has 1 aromatic heterocycles. The van der Waals surface area contributed by atoms with E-state index in [1.165, 1.54) is 0 Å². The van der Waals surface area contributed by atoms with Gasteiger partial charge in [-0.2, -0.15) is 0 Å². The summed E-state index contributed by atoms with van der Waals surface area (Å²) >= 11 is 0. The molecule has 0 aliphatic carbocycles. The number of piperidine rings is 1. The molecule has 134 valence electrons. The van der Waals surface area contributed by atoms with Crippen molar-refractivity contribution < 1.29 is 9.90 Å². The third-order valence-electron chi connectivity index (χ3n) is 4.52. The monoisotopic (exact) mass is 334 g/mol. The van der Waals surface area contributed by atoms with E-state index in [1.807, 2.05) is 39.0 Å². The van der Waals surface area contributed by atoms with E-state index in [9.17, 15) is 9.90 Å². The number of carbonyl (C=O) groups is 1. The topological polar surface area (TPSA) is 77.5 Å². The number of pyridine rings is 1. The largest absolute Gasteiger partial charge is 0.393 e. The molecule has 6 heteroatoms. The molecule has 2 amide bonds. The van der Waals surface area contributed by atoms with Crippen LogP contribution >= 0.6 is 0 Å². The van der Waals surface area contributed by atoms with Gasteiger partial charge in [0, 0.05) is 31.4 Å². The molecule has 1 aromatic rings. The van der Waals surface area contributed by atoms with Gasteiger partial charge in [-0.3, -0.25) is 0 Å². The standard InChI is InChI=1S/C18H30N4O2/c1-13(2)16(23)7-10-19-18(24)21-15-8-11-22(12-9-15)17-6-4-5-14(3)20-17/h4-6,13,15-16,23H,7-12H2,1-3H3,(H2,19,21,24). The summed E-state index contributed by atoms with van der Waals surface area (Å²) in [4.78, 5) is 18.8. The number of aryl methyl sites for hydroxylation is 1. The zero-order chi connectivity index (χ0) is 17.5. The molecular weight excluding hydrogens is 304 g/mol. The number of rotatable bonds is 6. The minimum absolute atomic E-state index is 0.141. The Hall–Kier alpha value is -1.82. The number of carbonyl (C=O) groups excluding carboxylic acids is 1. The van der Waals surface area contributed by atoms with Gasteiger partial charge in [0.25, 0.3) is 0 Å². The van der Waals surface area contributed by atoms with Crippen LogP contribution in [0, 0.1) is 12.8 Å². The van der Waals surface area contributed by atoms with E-state index < -0.39 is 0 Å². The number of anilines is 1. The van der Waals surface area contributed by atoms with Gasteiger partial charge in [-0.1, -0.05) is 19.9 Å². The summed E-state index contributed by atoms with van der Waals surface area (Å²) in [6.07, 6.45) is 2.05. The zero-order valence-electron chi connectivity index (χ0n) is 15.0. The summed E-state index contributed by atoms with van der Waals surface area (Å²) in [6.45, 7) is 8.24. The quantitative estimate of drug-likeness (QED) is 0.744. The average Bonchev–Trinajstić information content (AvgIpc) is 2.55. The maximum absolute atomic E-state index is 11.9. The van der Waals surface area contributed by atoms with Crippen LogP contribution in [0.2, 0.25) is 0 Å². The number of hydrogen-bond acceptors (Lipinski definition) is 4. The molecule has 0 spiro atoms. The van der Waals surface area contributed by atoms with Gasteiger partial charge in [-0.05, 0) is 44.2 Å². The Labute approximate surface area is 144 Å². The summed E-state index contributed by atoms with van der Waals surface area (Å²) in [5.41, 5.74) is 1.02. The summed E-state index contributed by atoms with van der Waals surface area (Å²) in [7, 11) is 0. The zero-order valence-corrected chi connectivity index (χ0v) is 15.0. The van der Waals surface area contributed by atoms with Crippen LogP contribution in [0.3, 0.4) is 0 Å². The van der Waals surface area contributed by atoms with Crippen LogP contribution in [0.1, 0.15) is 38.8 Å². The van der Waals surface area contributed by atoms with E-state index in [-0.39, 0.29) is 24.1 Å². The third kappa shape index (κ3) is 5.67. The normalized spacial score (nSPS) is 17.0. The molecule has 1 atom stereocenters. The highest BCUT2D eigenvalue weighted by molar-refractivity contribution is 5.74. The molecule has 3 N–H and O–H groups in total. The second-order valence-electron chi connectivity index (χ2n) is 6.90. The number of aromatic nitrogens is 1. The summed E-state index contributed by atoms with van der Waals surface area (Å²) in [6, 6.07) is 6.12. The van der Waals surface area contributed by atoms with Crippen molar-refractivity contribution in [3.05, 3.63) is 23.9 Å². The van der Waals surface area contributed by atoms with Crippen LogP contribution < -0.4 is 15.5 Å². The van der Waals surface area contributed by atoms with Gasteiger partial charge in [-0.25, -0.2) is 9.78 Å². The first-order chi connectivity index (χ1) is 11.5. The molecule has 2 rings (SSSR count). The van der Waals surface area contributed by atoms with E-state index in [0.717, 1.165) is 37.4 Å². The lowest BCUT2D eigenvalue weighted by atomic mass is 10.0. The van der Waals surface area contributed by atoms with Crippen LogP contribution in [0.15, 0.2) is 18.2 Å². The molecular formula is C18H30N4O2. The Morgan fingerprint density at radius 3 is 2.71 bits per heavy atom. The van der Waals surface area contributed by atoms with Crippen molar-refractivity contribution in [3.8, 4) is 0 Å². The van der Waals surface area contributed by atoms with Crippen molar-refractivity contribution in [2.45, 2.75) is 52.2 Å². The van der Waals surface area contributed by atoms with Crippen molar-refractivity contribution >= 4 is 11.8 Å². The highest BCUT2D eigenvalue weighted by atomic mass is 16.3. The van der Waals surface area contributed by atoms with Gasteiger partial charge >= 0.3 is 6.03 Å². The molecule has 0 aromatic carbocycles. The summed E-state index contributed by atoms with van der Waals surface area (Å²) in [5, 5.41) is 15.6. The van der Waals surface area contributed by atoms with Crippen LogP contribution in [0.5, 0.6) is 0 Å². The van der Waals surface area contributed by atoms with Crippen molar-refractivity contribution in [3.63, 3.8) is 0 Å². The lowest BCUT2D eigenvalue weighted by molar-refractivity contribution is 0.116. The highest BCUT2D eigenvalue weighted by Crippen LogP contribution is 2.18. The molecule has 1 aliphatic heterocycles. The van der Waals surface area contributed by atoms with Crippen molar-refractivity contribution in [2.75, 3.05) is 24.5 Å². The Morgan fingerprint density at radius 2 is 2.08 bits per heavy atom. The Kier molecular flexibility index (Phi) is 6.85. The molecule has 1 unspecified atom stereocenters. The first-order valence-corrected chi connectivity index (χ1v) is 8.86. The van der Waals surface area contributed by atoms with Crippen molar-refractivity contribution in [1.82, 2.24) is 15.6 Å². The van der Waals surface area contributed by atoms with Crippen molar-refractivity contribution in [1.29, 1.82) is 0 Å². The fourth-order valence-corrected chi connectivity index (χ4v) is 2.86. The predicted molar refractivity (Wildman–Crippen MR) is 96.2 cm³/mol. The Balaban J connectivity index is 1.68. The first kappa shape index (κ1) is 18.5. The van der Waals surface area contributed by atoms with Gasteiger partial charge in [0.15, 0.2) is 0 Å². The Bertz CT molecular complexity index is 528. The summed E-state index contributed by atoms with van der Waals surface area (Å²) < 4.78 is 0. The van der Waals surface area contributed by atoms with Gasteiger partial charge < -0.3 is 20.6 Å². The van der Waals surface area contributed by atoms with E-state index in [0.29, 0.717) is 13.0 Å². The van der Waals surface area contributed by atoms with Crippen LogP contribution in [-0.4, -0.2) is 47.9 Å². The smallest absolute Gasteiger partial charge is 0.315 e. The third-order valence-corrected chi connectivity index (χ3v) is 4.52. The molecule has 1 fully saturated rings. The minimum Gasteiger partial charge on any atom is -0.393 e. The maximum Gasteiger partial charge on any atom is 0.315 e. The second-order valence-corrected chi connectivity index (χ2v) is 6.90. The van der Waals surface area contributed by atoms with Gasteiger partial charge in [0.05, 0.1) is 6.10 Å². The van der Waals surface area contributed by atoms with E-state index >= 15 is 0 Å². The van der Waals surface area contributed by atoms with Crippen molar-refractivity contribution in [2.24, 2.45) is 5.92 Å². The van der Waals surface area contributed by atoms with E-state index in [4.69, 9.17) is 0 Å². The molecule has 0 saturated carbocycles. The van der Waals surface area contributed by atoms with E-state index in [2.05, 4.69) is 20.5 Å².